The van der Waals surface area contributed by atoms with Crippen molar-refractivity contribution in [3.8, 4) is 23.7 Å². The second-order valence-electron chi connectivity index (χ2n) is 17.0. The molecular weight excluding hydrogens is 933 g/mol. The van der Waals surface area contributed by atoms with Gasteiger partial charge in [0.15, 0.2) is 23.5 Å². The first-order valence-electron chi connectivity index (χ1n) is 22.1. The summed E-state index contributed by atoms with van der Waals surface area (Å²) in [4.78, 5) is 73.8. The molecule has 4 aliphatic rings. The summed E-state index contributed by atoms with van der Waals surface area (Å²) in [5.41, 5.74) is 0.798. The van der Waals surface area contributed by atoms with Crippen molar-refractivity contribution in [2.75, 3.05) is 32.8 Å². The van der Waals surface area contributed by atoms with Crippen LogP contribution in [-0.4, -0.2) is 153 Å². The van der Waals surface area contributed by atoms with Gasteiger partial charge in [-0.3, -0.25) is 24.7 Å². The molecular formula is C49H54N4O14S2. The van der Waals surface area contributed by atoms with Crippen LogP contribution in [0.3, 0.4) is 0 Å². The minimum absolute atomic E-state index is 0.0117. The zero-order valence-electron chi connectivity index (χ0n) is 38.9. The number of alkyl carbamates (subject to hydrolysis) is 1. The van der Waals surface area contributed by atoms with Gasteiger partial charge in [0.25, 0.3) is 0 Å². The number of nitrogens with one attached hydrogen (secondary N) is 3. The Morgan fingerprint density at radius 2 is 1.87 bits per heavy atom. The monoisotopic (exact) mass is 986 g/mol. The number of carbonyl (C=O) groups is 5. The molecule has 18 nitrogen and oxygen atoms in total. The smallest absolute Gasteiger partial charge is 0.411 e. The van der Waals surface area contributed by atoms with Crippen LogP contribution in [0.5, 0.6) is 0 Å². The molecule has 0 radical (unpaired) electrons. The fourth-order valence-corrected chi connectivity index (χ4v) is 10.7. The highest BCUT2D eigenvalue weighted by Crippen LogP contribution is 2.46. The van der Waals surface area contributed by atoms with Gasteiger partial charge in [-0.05, 0) is 55.2 Å². The van der Waals surface area contributed by atoms with Gasteiger partial charge < -0.3 is 54.0 Å². The van der Waals surface area contributed by atoms with E-state index in [9.17, 15) is 34.5 Å². The van der Waals surface area contributed by atoms with E-state index >= 15 is 4.79 Å². The maximum absolute atomic E-state index is 15.4. The molecule has 2 aromatic heterocycles. The summed E-state index contributed by atoms with van der Waals surface area (Å²) in [6, 6.07) is 6.10. The maximum Gasteiger partial charge on any atom is 0.411 e. The van der Waals surface area contributed by atoms with Crippen molar-refractivity contribution in [2.24, 2.45) is 5.92 Å². The number of H-pyrrole nitrogens is 1. The van der Waals surface area contributed by atoms with Gasteiger partial charge in [0.1, 0.15) is 28.8 Å². The number of fused-ring (bicyclic) bond motifs is 4. The molecule has 6 N–H and O–H groups in total. The van der Waals surface area contributed by atoms with E-state index < -0.39 is 89.9 Å². The number of carboxylic acids is 1. The van der Waals surface area contributed by atoms with E-state index in [0.717, 1.165) is 30.6 Å². The molecule has 1 aromatic carbocycles. The predicted octanol–water partition coefficient (Wildman–Crippen LogP) is 4.05. The number of ketones is 2. The number of aromatic nitrogens is 2. The number of aliphatic hydroxyl groups is 2. The Balaban J connectivity index is 1.35. The van der Waals surface area contributed by atoms with E-state index in [1.165, 1.54) is 37.4 Å². The highest BCUT2D eigenvalue weighted by atomic mass is 32.2. The van der Waals surface area contributed by atoms with E-state index in [-0.39, 0.29) is 64.1 Å². The molecule has 0 bridgehead atoms. The van der Waals surface area contributed by atoms with Crippen LogP contribution in [0.15, 0.2) is 65.5 Å². The molecule has 3 aromatic rings. The van der Waals surface area contributed by atoms with Crippen molar-refractivity contribution in [2.45, 2.75) is 107 Å². The Hall–Kier alpha value is -5.36. The third-order valence-corrected chi connectivity index (χ3v) is 14.6. The first-order valence-corrected chi connectivity index (χ1v) is 24.3. The number of carbonyl (C=O) groups excluding carboxylic acids is 4. The molecule has 11 atom stereocenters. The standard InChI is InChI=1S/C49H54N4O14S2/c1-24(2)51-33-23-64-38(22-37(33)62-5)67-43-45(58)49(68-7,44(57)42-41-28(16-18-50-42)31-20-27(46(59)60)14-15-32(31)52-41)25(3)65-47(43)66-36-13-11-9-8-10-12-30-39(36)29(17-19-69-26(4)54)34(55)21-35(56)40(30)53-48(61)63-6/h8-9,14-18,20,24-25,33-34,36-39,43,45,47,51-52,55,58H,19,21-23H2,1-7H3,(H,53,61)(H,59,60)/b9-8-,29-17-/t25?,33?,34-,36-,37?,38?,39?,43?,45?,47?,49?/m0/s1. The second kappa shape index (κ2) is 22.2. The molecule has 366 valence electrons. The highest BCUT2D eigenvalue weighted by molar-refractivity contribution is 8.13. The van der Waals surface area contributed by atoms with Crippen LogP contribution < -0.4 is 10.6 Å². The number of ether oxygens (including phenoxy) is 6. The minimum atomic E-state index is -1.85. The van der Waals surface area contributed by atoms with E-state index in [0.29, 0.717) is 21.8 Å². The Bertz CT molecular complexity index is 2730. The normalized spacial score (nSPS) is 30.2. The number of thioether (sulfide) groups is 2. The van der Waals surface area contributed by atoms with Crippen molar-refractivity contribution in [1.82, 2.24) is 20.6 Å². The van der Waals surface area contributed by atoms with Crippen molar-refractivity contribution in [1.29, 1.82) is 0 Å². The van der Waals surface area contributed by atoms with Gasteiger partial charge >= 0.3 is 12.1 Å². The quantitative estimate of drug-likeness (QED) is 0.0757. The zero-order chi connectivity index (χ0) is 49.7. The lowest BCUT2D eigenvalue weighted by molar-refractivity contribution is -0.326. The van der Waals surface area contributed by atoms with Crippen molar-refractivity contribution in [3.63, 3.8) is 0 Å². The van der Waals surface area contributed by atoms with Crippen LogP contribution in [0.1, 0.15) is 61.4 Å². The van der Waals surface area contributed by atoms with Crippen LogP contribution in [0.4, 0.5) is 4.79 Å². The molecule has 7 rings (SSSR count). The van der Waals surface area contributed by atoms with Gasteiger partial charge in [-0.15, -0.1) is 11.8 Å². The third-order valence-electron chi connectivity index (χ3n) is 12.4. The molecule has 9 unspecified atom stereocenters. The van der Waals surface area contributed by atoms with Crippen LogP contribution >= 0.6 is 23.5 Å². The Kier molecular flexibility index (Phi) is 16.5. The summed E-state index contributed by atoms with van der Waals surface area (Å²) in [7, 11) is 2.69. The number of hydrogen-bond donors (Lipinski definition) is 6. The summed E-state index contributed by atoms with van der Waals surface area (Å²) in [5.74, 6) is 8.20. The minimum Gasteiger partial charge on any atom is -0.478 e. The molecule has 2 saturated heterocycles. The number of rotatable bonds is 14. The maximum atomic E-state index is 15.4. The molecule has 20 heteroatoms. The number of amides is 1. The number of methoxy groups -OCH3 is 2. The summed E-state index contributed by atoms with van der Waals surface area (Å²) in [5, 5.41) is 41.3. The number of aromatic carboxylic acids is 1. The van der Waals surface area contributed by atoms with E-state index in [4.69, 9.17) is 28.4 Å². The molecule has 2 fully saturated rings. The molecule has 69 heavy (non-hydrogen) atoms. The lowest BCUT2D eigenvalue weighted by Crippen LogP contribution is -2.69. The fourth-order valence-electron chi connectivity index (χ4n) is 9.15. The van der Waals surface area contributed by atoms with Gasteiger partial charge in [-0.25, -0.2) is 9.59 Å². The Morgan fingerprint density at radius 3 is 2.57 bits per heavy atom. The number of aliphatic hydroxyl groups excluding tert-OH is 2. The first kappa shape index (κ1) is 51.5. The first-order chi connectivity index (χ1) is 33.0. The van der Waals surface area contributed by atoms with Crippen molar-refractivity contribution >= 4 is 74.1 Å². The molecule has 1 amide bonds. The number of Topliss-reactive ketones (excluding diaryl/α,β-unsaturated/α-hetero) is 2. The lowest BCUT2D eigenvalue weighted by Gasteiger charge is -2.51. The number of pyridine rings is 1. The van der Waals surface area contributed by atoms with Crippen LogP contribution in [0, 0.1) is 29.6 Å². The second-order valence-corrected chi connectivity index (χ2v) is 19.3. The van der Waals surface area contributed by atoms with Crippen LogP contribution in [0.2, 0.25) is 0 Å². The number of carboxylic acid groups (broad SMARTS) is 1. The van der Waals surface area contributed by atoms with Crippen LogP contribution in [-0.2, 0) is 38.0 Å². The van der Waals surface area contributed by atoms with Crippen molar-refractivity contribution < 1.29 is 67.7 Å². The SMILES string of the molecule is COC(=O)NC1=C2C#C/C=C\C#C[C@H](OC3OC(C)C(SC)(C(=O)c4nccc5c4[nH]c4ccc(C(=O)O)cc45)C(O)C3OC3CC(OC)C(NC(C)C)CO3)C2/C(=C\CSC(C)=O)[C@@H](O)CC1=O. The van der Waals surface area contributed by atoms with Gasteiger partial charge in [-0.2, -0.15) is 0 Å². The Labute approximate surface area is 406 Å². The number of aromatic amines is 1. The molecule has 0 spiro atoms. The highest BCUT2D eigenvalue weighted by Gasteiger charge is 2.61. The fraction of sp³-hybridized carbons (Fsp3) is 0.469. The number of nitrogens with zero attached hydrogens (tertiary/aromatic N) is 1. The average molecular weight is 987 g/mol. The van der Waals surface area contributed by atoms with E-state index in [1.807, 2.05) is 13.8 Å². The third kappa shape index (κ3) is 10.7. The predicted molar refractivity (Wildman–Crippen MR) is 256 cm³/mol. The van der Waals surface area contributed by atoms with Crippen molar-refractivity contribution in [3.05, 3.63) is 76.8 Å². The average Bonchev–Trinajstić information content (AvgIpc) is 3.70. The van der Waals surface area contributed by atoms with E-state index in [1.54, 1.807) is 38.5 Å². The number of allylic oxidation sites excluding steroid dienone is 3. The van der Waals surface area contributed by atoms with E-state index in [2.05, 4.69) is 44.3 Å². The summed E-state index contributed by atoms with van der Waals surface area (Å²) in [6.45, 7) is 7.13. The lowest BCUT2D eigenvalue weighted by atomic mass is 9.82. The molecule has 4 heterocycles. The van der Waals surface area contributed by atoms with Crippen LogP contribution in [0.25, 0.3) is 21.8 Å². The molecule has 2 aliphatic carbocycles. The van der Waals surface area contributed by atoms with Gasteiger partial charge in [0, 0.05) is 66.7 Å². The topological polar surface area (TPSA) is 254 Å². The Morgan fingerprint density at radius 1 is 1.10 bits per heavy atom. The number of hydrogen-bond acceptors (Lipinski definition) is 17. The van der Waals surface area contributed by atoms with Gasteiger partial charge in [0.2, 0.25) is 5.78 Å². The largest absolute Gasteiger partial charge is 0.478 e. The van der Waals surface area contributed by atoms with Gasteiger partial charge in [0.05, 0.1) is 60.8 Å². The number of benzene rings is 1. The molecule has 2 aliphatic heterocycles. The summed E-state index contributed by atoms with van der Waals surface area (Å²) < 4.78 is 35.5. The zero-order valence-corrected chi connectivity index (χ0v) is 40.5. The molecule has 0 saturated carbocycles. The van der Waals surface area contributed by atoms with Gasteiger partial charge in [-0.1, -0.05) is 55.4 Å². The summed E-state index contributed by atoms with van der Waals surface area (Å²) in [6.07, 6.45) is -4.07. The summed E-state index contributed by atoms with van der Waals surface area (Å²) >= 11 is 1.98.